The van der Waals surface area contributed by atoms with Gasteiger partial charge in [-0.15, -0.1) is 0 Å². The zero-order chi connectivity index (χ0) is 27.4. The van der Waals surface area contributed by atoms with Gasteiger partial charge in [0.2, 0.25) is 0 Å². The molecule has 3 unspecified atom stereocenters. The number of hydrogen-bond acceptors (Lipinski definition) is 4. The Morgan fingerprint density at radius 3 is 1.71 bits per heavy atom. The number of Topliss-reactive ketones (excluding diaryl/α,β-unsaturated/α-hetero) is 2. The maximum absolute atomic E-state index is 12.9. The van der Waals surface area contributed by atoms with Crippen LogP contribution in [0.1, 0.15) is 130 Å². The first-order valence-electron chi connectivity index (χ1n) is 13.7. The van der Waals surface area contributed by atoms with Gasteiger partial charge < -0.3 is 0 Å². The Balaban J connectivity index is 0.000000784. The van der Waals surface area contributed by atoms with Crippen LogP contribution >= 0.6 is 0 Å². The largest absolute Gasteiger partial charge is 0.299 e. The Kier molecular flexibility index (Phi) is 13.9. The molecule has 1 fully saturated rings. The van der Waals surface area contributed by atoms with Crippen LogP contribution in [0.3, 0.4) is 0 Å². The van der Waals surface area contributed by atoms with Crippen LogP contribution in [0.5, 0.6) is 0 Å². The maximum Gasteiger partial charge on any atom is 0.262 e. The highest BCUT2D eigenvalue weighted by Gasteiger charge is 2.45. The zero-order valence-electron chi connectivity index (χ0n) is 23.9. The molecule has 1 aliphatic carbocycles. The van der Waals surface area contributed by atoms with Gasteiger partial charge in [0, 0.05) is 17.3 Å². The zero-order valence-corrected chi connectivity index (χ0v) is 23.9. The van der Waals surface area contributed by atoms with Crippen LogP contribution in [0.4, 0.5) is 0 Å². The first kappa shape index (κ1) is 35.7. The number of fused-ring (bicyclic) bond motifs is 1. The van der Waals surface area contributed by atoms with Gasteiger partial charge in [-0.3, -0.25) is 24.1 Å². The first-order valence-corrected chi connectivity index (χ1v) is 13.7. The summed E-state index contributed by atoms with van der Waals surface area (Å²) in [6.07, 6.45) is 5.02. The minimum atomic E-state index is -0.690. The molecule has 1 aromatic carbocycles. The molecule has 0 aromatic heterocycles. The SMILES string of the molecule is C.C.CC(C)CCC(C(=O)C(C)(C)C)N1C(=O)c2ccccc2C1=O.CC(C)CCC1CC1C(=O)C(C)C. The summed E-state index contributed by atoms with van der Waals surface area (Å²) in [5.41, 5.74) is 0.194. The second kappa shape index (κ2) is 14.7. The smallest absolute Gasteiger partial charge is 0.262 e. The number of carbonyl (C=O) groups is 4. The monoisotopic (exact) mass is 529 g/mol. The van der Waals surface area contributed by atoms with Crippen molar-refractivity contribution in [3.05, 3.63) is 35.4 Å². The number of benzene rings is 1. The molecule has 1 heterocycles. The summed E-state index contributed by atoms with van der Waals surface area (Å²) in [6, 6.07) is 6.09. The van der Waals surface area contributed by atoms with Crippen LogP contribution in [-0.2, 0) is 9.59 Å². The molecule has 5 nitrogen and oxygen atoms in total. The Morgan fingerprint density at radius 2 is 1.32 bits per heavy atom. The van der Waals surface area contributed by atoms with E-state index >= 15 is 0 Å². The molecule has 3 atom stereocenters. The molecule has 216 valence electrons. The van der Waals surface area contributed by atoms with Gasteiger partial charge in [-0.05, 0) is 55.6 Å². The summed E-state index contributed by atoms with van der Waals surface area (Å²) in [7, 11) is 0. The molecule has 1 saturated carbocycles. The molecule has 0 N–H and O–H groups in total. The minimum Gasteiger partial charge on any atom is -0.299 e. The van der Waals surface area contributed by atoms with E-state index in [2.05, 4.69) is 27.7 Å². The molecule has 0 saturated heterocycles. The molecule has 0 spiro atoms. The lowest BCUT2D eigenvalue weighted by Crippen LogP contribution is -2.48. The van der Waals surface area contributed by atoms with E-state index in [0.717, 1.165) is 18.3 Å². The first-order chi connectivity index (χ1) is 16.7. The third-order valence-corrected chi connectivity index (χ3v) is 7.17. The van der Waals surface area contributed by atoms with E-state index in [9.17, 15) is 19.2 Å². The standard InChI is InChI=1S/C19H25NO3.C12H22O.2CH4/c1-12(2)10-11-15(16(21)19(3,4)5)20-17(22)13-8-6-7-9-14(13)18(20)23;1-8(2)5-6-10-7-11(10)12(13)9(3)4;;/h6-9,12,15H,10-11H2,1-5H3;8-11H,5-7H2,1-4H3;2*1H4. The Morgan fingerprint density at radius 1 is 0.842 bits per heavy atom. The highest BCUT2D eigenvalue weighted by Crippen LogP contribution is 2.44. The van der Waals surface area contributed by atoms with E-state index in [1.807, 2.05) is 34.6 Å². The van der Waals surface area contributed by atoms with E-state index in [1.165, 1.54) is 24.2 Å². The number of imide groups is 1. The van der Waals surface area contributed by atoms with E-state index < -0.39 is 11.5 Å². The fourth-order valence-electron chi connectivity index (χ4n) is 4.75. The summed E-state index contributed by atoms with van der Waals surface area (Å²) in [5, 5.41) is 0. The van der Waals surface area contributed by atoms with E-state index in [0.29, 0.717) is 35.2 Å². The maximum atomic E-state index is 12.9. The second-order valence-electron chi connectivity index (χ2n) is 12.8. The third kappa shape index (κ3) is 9.17. The number of rotatable bonds is 10. The van der Waals surface area contributed by atoms with Crippen molar-refractivity contribution < 1.29 is 19.2 Å². The van der Waals surface area contributed by atoms with E-state index in [4.69, 9.17) is 0 Å². The number of carbonyl (C=O) groups excluding carboxylic acids is 4. The second-order valence-corrected chi connectivity index (χ2v) is 12.8. The van der Waals surface area contributed by atoms with Crippen molar-refractivity contribution in [2.75, 3.05) is 0 Å². The topological polar surface area (TPSA) is 71.5 Å². The number of amides is 2. The quantitative estimate of drug-likeness (QED) is 0.286. The summed E-state index contributed by atoms with van der Waals surface area (Å²) < 4.78 is 0. The van der Waals surface area contributed by atoms with Crippen LogP contribution in [-0.4, -0.2) is 34.3 Å². The third-order valence-electron chi connectivity index (χ3n) is 7.17. The molecular formula is C33H55NO4. The van der Waals surface area contributed by atoms with Gasteiger partial charge in [-0.2, -0.15) is 0 Å². The van der Waals surface area contributed by atoms with Crippen molar-refractivity contribution in [1.82, 2.24) is 4.90 Å². The lowest BCUT2D eigenvalue weighted by atomic mass is 9.83. The van der Waals surface area contributed by atoms with Crippen molar-refractivity contribution >= 4 is 23.4 Å². The van der Waals surface area contributed by atoms with Crippen molar-refractivity contribution in [3.8, 4) is 0 Å². The van der Waals surface area contributed by atoms with E-state index in [1.54, 1.807) is 24.3 Å². The summed E-state index contributed by atoms with van der Waals surface area (Å²) >= 11 is 0. The van der Waals surface area contributed by atoms with Gasteiger partial charge in [0.05, 0.1) is 17.2 Å². The highest BCUT2D eigenvalue weighted by atomic mass is 16.2. The van der Waals surface area contributed by atoms with Gasteiger partial charge in [-0.1, -0.05) is 95.7 Å². The van der Waals surface area contributed by atoms with Gasteiger partial charge in [0.1, 0.15) is 5.78 Å². The highest BCUT2D eigenvalue weighted by molar-refractivity contribution is 6.23. The molecule has 1 aromatic rings. The lowest BCUT2D eigenvalue weighted by Gasteiger charge is -2.31. The minimum absolute atomic E-state index is 0. The van der Waals surface area contributed by atoms with Gasteiger partial charge in [0.15, 0.2) is 5.78 Å². The van der Waals surface area contributed by atoms with Crippen LogP contribution in [0.2, 0.25) is 0 Å². The molecule has 0 radical (unpaired) electrons. The van der Waals surface area contributed by atoms with E-state index in [-0.39, 0.29) is 38.4 Å². The van der Waals surface area contributed by atoms with Gasteiger partial charge in [0.25, 0.3) is 11.8 Å². The van der Waals surface area contributed by atoms with Gasteiger partial charge in [-0.25, -0.2) is 0 Å². The molecule has 2 amide bonds. The van der Waals surface area contributed by atoms with Crippen LogP contribution in [0, 0.1) is 35.0 Å². The van der Waals surface area contributed by atoms with Crippen molar-refractivity contribution in [3.63, 3.8) is 0 Å². The summed E-state index contributed by atoms with van der Waals surface area (Å²) in [6.45, 7) is 18.2. The molecular weight excluding hydrogens is 474 g/mol. The van der Waals surface area contributed by atoms with Crippen molar-refractivity contribution in [1.29, 1.82) is 0 Å². The predicted molar refractivity (Wildman–Crippen MR) is 158 cm³/mol. The Labute approximate surface area is 233 Å². The Bertz CT molecular complexity index is 919. The van der Waals surface area contributed by atoms with Crippen LogP contribution in [0.15, 0.2) is 24.3 Å². The number of nitrogens with zero attached hydrogens (tertiary/aromatic N) is 1. The van der Waals surface area contributed by atoms with Crippen molar-refractivity contribution in [2.24, 2.45) is 35.0 Å². The molecule has 38 heavy (non-hydrogen) atoms. The predicted octanol–water partition coefficient (Wildman–Crippen LogP) is 8.26. The number of ketones is 2. The van der Waals surface area contributed by atoms with Crippen LogP contribution in [0.25, 0.3) is 0 Å². The number of hydrogen-bond donors (Lipinski definition) is 0. The van der Waals surface area contributed by atoms with Crippen LogP contribution < -0.4 is 0 Å². The lowest BCUT2D eigenvalue weighted by molar-refractivity contribution is -0.130. The van der Waals surface area contributed by atoms with Crippen molar-refractivity contribution in [2.45, 2.75) is 115 Å². The van der Waals surface area contributed by atoms with Gasteiger partial charge >= 0.3 is 0 Å². The summed E-state index contributed by atoms with van der Waals surface area (Å²) in [4.78, 5) is 51.0. The average Bonchev–Trinajstić information content (AvgIpc) is 3.53. The molecule has 2 aliphatic rings. The summed E-state index contributed by atoms with van der Waals surface area (Å²) in [5.74, 6) is 2.33. The molecule has 0 bridgehead atoms. The average molecular weight is 530 g/mol. The fraction of sp³-hybridized carbons (Fsp3) is 0.697. The molecule has 3 rings (SSSR count). The fourth-order valence-corrected chi connectivity index (χ4v) is 4.75. The normalized spacial score (nSPS) is 18.9. The molecule has 5 heteroatoms. The Hall–Kier alpha value is -2.30. The molecule has 1 aliphatic heterocycles.